The zero-order valence-electron chi connectivity index (χ0n) is 20.3. The van der Waals surface area contributed by atoms with E-state index in [1.54, 1.807) is 6.20 Å². The zero-order chi connectivity index (χ0) is 26.5. The smallest absolute Gasteiger partial charge is 0.311 e. The minimum absolute atomic E-state index is 0.0201. The van der Waals surface area contributed by atoms with Gasteiger partial charge in [0.2, 0.25) is 11.2 Å². The Bertz CT molecular complexity index is 1510. The monoisotopic (exact) mass is 510 g/mol. The fourth-order valence-electron chi connectivity index (χ4n) is 5.30. The molecule has 1 aliphatic carbocycles. The highest BCUT2D eigenvalue weighted by Gasteiger charge is 2.42. The van der Waals surface area contributed by atoms with Crippen molar-refractivity contribution in [3.05, 3.63) is 55.7 Å². The van der Waals surface area contributed by atoms with Crippen molar-refractivity contribution >= 4 is 39.6 Å². The number of benzene rings is 1. The number of nitrogens with two attached hydrogens (primary N) is 2. The fourth-order valence-corrected chi connectivity index (χ4v) is 5.30. The minimum Gasteiger partial charge on any atom is -0.489 e. The summed E-state index contributed by atoms with van der Waals surface area (Å²) in [4.78, 5) is 39.9. The molecule has 194 valence electrons. The van der Waals surface area contributed by atoms with Gasteiger partial charge in [-0.05, 0) is 45.1 Å². The lowest BCUT2D eigenvalue weighted by Gasteiger charge is -2.44. The van der Waals surface area contributed by atoms with Gasteiger partial charge in [-0.2, -0.15) is 0 Å². The van der Waals surface area contributed by atoms with Crippen LogP contribution in [0.1, 0.15) is 55.1 Å². The first-order chi connectivity index (χ1) is 17.6. The SMILES string of the molecule is CC(=O)c1cn2c3c(c(NCCCc4ccc([N+](=O)[O-])c(N)n4)c(F)c(N)c3c1=O)OCCC21CCC1. The third kappa shape index (κ3) is 3.92. The van der Waals surface area contributed by atoms with Gasteiger partial charge in [-0.3, -0.25) is 19.7 Å². The van der Waals surface area contributed by atoms with E-state index in [9.17, 15) is 19.7 Å². The van der Waals surface area contributed by atoms with E-state index >= 15 is 4.39 Å². The van der Waals surface area contributed by atoms with Crippen molar-refractivity contribution in [3.63, 3.8) is 0 Å². The lowest BCUT2D eigenvalue weighted by atomic mass is 9.74. The molecule has 1 aliphatic heterocycles. The van der Waals surface area contributed by atoms with Gasteiger partial charge in [0.05, 0.1) is 33.7 Å². The second-order valence-electron chi connectivity index (χ2n) is 9.62. The van der Waals surface area contributed by atoms with Crippen LogP contribution in [0.4, 0.5) is 27.3 Å². The molecule has 37 heavy (non-hydrogen) atoms. The van der Waals surface area contributed by atoms with Gasteiger partial charge in [-0.25, -0.2) is 9.37 Å². The number of nitrogens with zero attached hydrogens (tertiary/aromatic N) is 3. The number of carbonyl (C=O) groups is 1. The number of aryl methyl sites for hydroxylation is 1. The number of nitrogen functional groups attached to an aromatic ring is 2. The van der Waals surface area contributed by atoms with Crippen LogP contribution in [0.2, 0.25) is 0 Å². The van der Waals surface area contributed by atoms with Gasteiger partial charge < -0.3 is 26.1 Å². The maximum atomic E-state index is 15.6. The molecule has 0 atom stereocenters. The predicted molar refractivity (Wildman–Crippen MR) is 137 cm³/mol. The number of rotatable bonds is 7. The molecule has 0 amide bonds. The summed E-state index contributed by atoms with van der Waals surface area (Å²) in [5, 5.41) is 14.0. The van der Waals surface area contributed by atoms with Crippen molar-refractivity contribution in [2.24, 2.45) is 0 Å². The maximum absolute atomic E-state index is 15.6. The van der Waals surface area contributed by atoms with Crippen LogP contribution in [0.25, 0.3) is 10.9 Å². The highest BCUT2D eigenvalue weighted by Crippen LogP contribution is 2.50. The van der Waals surface area contributed by atoms with Crippen LogP contribution in [0, 0.1) is 15.9 Å². The van der Waals surface area contributed by atoms with Crippen molar-refractivity contribution < 1.29 is 18.8 Å². The molecule has 0 unspecified atom stereocenters. The predicted octanol–water partition coefficient (Wildman–Crippen LogP) is 3.52. The number of pyridine rings is 2. The molecule has 3 aromatic rings. The summed E-state index contributed by atoms with van der Waals surface area (Å²) in [5.74, 6) is -1.17. The Morgan fingerprint density at radius 3 is 2.70 bits per heavy atom. The Morgan fingerprint density at radius 1 is 1.32 bits per heavy atom. The quantitative estimate of drug-likeness (QED) is 0.142. The van der Waals surface area contributed by atoms with Crippen LogP contribution in [-0.4, -0.2) is 33.4 Å². The Labute approximate surface area is 210 Å². The number of ketones is 1. The van der Waals surface area contributed by atoms with Crippen LogP contribution in [-0.2, 0) is 12.0 Å². The number of nitrogens with one attached hydrogen (secondary N) is 1. The van der Waals surface area contributed by atoms with Crippen molar-refractivity contribution in [3.8, 4) is 5.75 Å². The van der Waals surface area contributed by atoms with E-state index in [1.165, 1.54) is 19.1 Å². The summed E-state index contributed by atoms with van der Waals surface area (Å²) < 4.78 is 23.6. The molecule has 0 bridgehead atoms. The summed E-state index contributed by atoms with van der Waals surface area (Å²) in [7, 11) is 0. The van der Waals surface area contributed by atoms with Crippen molar-refractivity contribution in [2.45, 2.75) is 51.0 Å². The van der Waals surface area contributed by atoms with Gasteiger partial charge in [0, 0.05) is 36.5 Å². The molecule has 2 aliphatic rings. The van der Waals surface area contributed by atoms with E-state index in [2.05, 4.69) is 10.3 Å². The molecule has 1 spiro atoms. The average Bonchev–Trinajstić information content (AvgIpc) is 2.99. The number of ether oxygens (including phenoxy) is 1. The summed E-state index contributed by atoms with van der Waals surface area (Å²) in [5.41, 5.74) is 11.3. The van der Waals surface area contributed by atoms with Gasteiger partial charge in [-0.1, -0.05) is 0 Å². The third-order valence-corrected chi connectivity index (χ3v) is 7.43. The molecular weight excluding hydrogens is 483 g/mol. The topological polar surface area (TPSA) is 168 Å². The van der Waals surface area contributed by atoms with Gasteiger partial charge in [0.25, 0.3) is 0 Å². The van der Waals surface area contributed by atoms with Crippen LogP contribution < -0.4 is 26.9 Å². The molecule has 0 saturated heterocycles. The number of halogens is 1. The zero-order valence-corrected chi connectivity index (χ0v) is 20.3. The average molecular weight is 511 g/mol. The normalized spacial score (nSPS) is 15.6. The van der Waals surface area contributed by atoms with Gasteiger partial charge in [0.15, 0.2) is 17.3 Å². The van der Waals surface area contributed by atoms with Crippen LogP contribution in [0.3, 0.4) is 0 Å². The number of aromatic nitrogens is 2. The van der Waals surface area contributed by atoms with Crippen molar-refractivity contribution in [1.29, 1.82) is 0 Å². The fraction of sp³-hybridized carbons (Fsp3) is 0.400. The molecule has 11 nitrogen and oxygen atoms in total. The number of carbonyl (C=O) groups excluding carboxylic acids is 1. The molecule has 1 aromatic carbocycles. The second-order valence-corrected chi connectivity index (χ2v) is 9.62. The first kappa shape index (κ1) is 24.5. The summed E-state index contributed by atoms with van der Waals surface area (Å²) in [6.07, 6.45) is 5.89. The molecule has 5 N–H and O–H groups in total. The molecule has 3 heterocycles. The van der Waals surface area contributed by atoms with E-state index < -0.39 is 22.0 Å². The summed E-state index contributed by atoms with van der Waals surface area (Å²) in [6, 6.07) is 2.84. The Kier molecular flexibility index (Phi) is 5.97. The Morgan fingerprint density at radius 2 is 2.08 bits per heavy atom. The molecule has 1 saturated carbocycles. The Hall–Kier alpha value is -4.22. The van der Waals surface area contributed by atoms with Gasteiger partial charge >= 0.3 is 5.69 Å². The number of anilines is 3. The minimum atomic E-state index is -0.811. The van der Waals surface area contributed by atoms with E-state index in [1.807, 2.05) is 4.57 Å². The molecular formula is C25H27FN6O5. The lowest BCUT2D eigenvalue weighted by molar-refractivity contribution is -0.384. The van der Waals surface area contributed by atoms with Crippen molar-refractivity contribution in [1.82, 2.24) is 9.55 Å². The first-order valence-electron chi connectivity index (χ1n) is 12.1. The van der Waals surface area contributed by atoms with Crippen LogP contribution in [0.5, 0.6) is 5.75 Å². The maximum Gasteiger partial charge on any atom is 0.311 e. The number of hydrogen-bond donors (Lipinski definition) is 3. The molecule has 2 aromatic heterocycles. The van der Waals surface area contributed by atoms with E-state index in [4.69, 9.17) is 16.2 Å². The second kappa shape index (κ2) is 9.02. The number of Topliss-reactive ketones (excluding diaryl/α,β-unsaturated/α-hetero) is 1. The van der Waals surface area contributed by atoms with Gasteiger partial charge in [0.1, 0.15) is 5.69 Å². The van der Waals surface area contributed by atoms with Gasteiger partial charge in [-0.15, -0.1) is 0 Å². The molecule has 12 heteroatoms. The highest BCUT2D eigenvalue weighted by molar-refractivity contribution is 6.04. The van der Waals surface area contributed by atoms with Crippen molar-refractivity contribution in [2.75, 3.05) is 29.9 Å². The number of fused-ring (bicyclic) bond motifs is 1. The van der Waals surface area contributed by atoms with Crippen LogP contribution in [0.15, 0.2) is 23.1 Å². The van der Waals surface area contributed by atoms with E-state index in [0.717, 1.165) is 19.3 Å². The molecule has 5 rings (SSSR count). The van der Waals surface area contributed by atoms with Crippen LogP contribution >= 0.6 is 0 Å². The molecule has 1 fully saturated rings. The number of hydrogen-bond acceptors (Lipinski definition) is 9. The lowest BCUT2D eigenvalue weighted by Crippen LogP contribution is -2.42. The molecule has 0 radical (unpaired) electrons. The number of nitro groups is 1. The highest BCUT2D eigenvalue weighted by atomic mass is 19.1. The standard InChI is InChI=1S/C25H27FN6O5/c1-13(33)15-12-31-21-17(22(15)34)19(27)18(26)20(23(21)37-11-9-25(31)7-3-8-25)29-10-2-4-14-5-6-16(32(35)36)24(28)30-14/h5-6,12,29H,2-4,7-11,27H2,1H3,(H2,28,30). The third-order valence-electron chi connectivity index (χ3n) is 7.43. The van der Waals surface area contributed by atoms with E-state index in [-0.39, 0.29) is 45.1 Å². The van der Waals surface area contributed by atoms with E-state index in [0.29, 0.717) is 43.6 Å². The Balaban J connectivity index is 1.51. The first-order valence-corrected chi connectivity index (χ1v) is 12.1. The summed E-state index contributed by atoms with van der Waals surface area (Å²) in [6.45, 7) is 1.94. The summed E-state index contributed by atoms with van der Waals surface area (Å²) >= 11 is 0. The largest absolute Gasteiger partial charge is 0.489 e.